The van der Waals surface area contributed by atoms with E-state index in [0.717, 1.165) is 49.6 Å². The van der Waals surface area contributed by atoms with Gasteiger partial charge in [0.2, 0.25) is 5.91 Å². The number of nitrogens with zero attached hydrogens (tertiary/aromatic N) is 2. The van der Waals surface area contributed by atoms with Gasteiger partial charge in [-0.15, -0.1) is 0 Å². The molecule has 0 saturated carbocycles. The Hall–Kier alpha value is -5.43. The van der Waals surface area contributed by atoms with Crippen LogP contribution in [0.1, 0.15) is 16.7 Å². The van der Waals surface area contributed by atoms with Crippen molar-refractivity contribution in [1.82, 2.24) is 20.1 Å². The van der Waals surface area contributed by atoms with Crippen molar-refractivity contribution in [2.45, 2.75) is 19.4 Å². The van der Waals surface area contributed by atoms with E-state index >= 15 is 0 Å². The highest BCUT2D eigenvalue weighted by Gasteiger charge is 2.21. The van der Waals surface area contributed by atoms with E-state index in [1.165, 1.54) is 6.08 Å². The van der Waals surface area contributed by atoms with Gasteiger partial charge < -0.3 is 15.4 Å². The van der Waals surface area contributed by atoms with Crippen molar-refractivity contribution in [3.05, 3.63) is 126 Å². The molecule has 0 fully saturated rings. The zero-order chi connectivity index (χ0) is 28.3. The van der Waals surface area contributed by atoms with Crippen LogP contribution in [0.4, 0.5) is 0 Å². The third-order valence-corrected chi connectivity index (χ3v) is 7.19. The molecule has 2 aromatic heterocycles. The number of fused-ring (bicyclic) bond motifs is 2. The van der Waals surface area contributed by atoms with Gasteiger partial charge in [-0.05, 0) is 53.6 Å². The van der Waals surface area contributed by atoms with E-state index in [1.807, 2.05) is 79.9 Å². The topological polar surface area (TPSA) is 100 Å². The molecule has 6 aromatic rings. The van der Waals surface area contributed by atoms with Crippen LogP contribution in [-0.4, -0.2) is 37.8 Å². The fraction of sp³-hybridized carbons (Fsp3) is 0.0882. The summed E-state index contributed by atoms with van der Waals surface area (Å²) in [6.45, 7) is 2.03. The molecule has 0 aliphatic rings. The number of rotatable bonds is 8. The Bertz CT molecular complexity index is 1910. The summed E-state index contributed by atoms with van der Waals surface area (Å²) < 4.78 is 1.79. The molecule has 0 spiro atoms. The molecule has 41 heavy (non-hydrogen) atoms. The number of carboxylic acids is 1. The molecule has 0 unspecified atom stereocenters. The van der Waals surface area contributed by atoms with E-state index in [4.69, 9.17) is 5.10 Å². The third-order valence-electron chi connectivity index (χ3n) is 7.19. The van der Waals surface area contributed by atoms with Crippen LogP contribution in [0.3, 0.4) is 0 Å². The van der Waals surface area contributed by atoms with Crippen molar-refractivity contribution >= 4 is 39.6 Å². The molecule has 7 heteroatoms. The molecule has 3 N–H and O–H groups in total. The minimum absolute atomic E-state index is 0.159. The van der Waals surface area contributed by atoms with Crippen molar-refractivity contribution in [2.75, 3.05) is 0 Å². The second kappa shape index (κ2) is 11.0. The first-order valence-electron chi connectivity index (χ1n) is 13.4. The number of H-pyrrole nitrogens is 1. The first-order chi connectivity index (χ1) is 19.9. The van der Waals surface area contributed by atoms with Gasteiger partial charge in [0.15, 0.2) is 0 Å². The molecule has 0 saturated heterocycles. The van der Waals surface area contributed by atoms with E-state index in [2.05, 4.69) is 34.6 Å². The molecule has 6 rings (SSSR count). The number of hydrogen-bond donors (Lipinski definition) is 3. The summed E-state index contributed by atoms with van der Waals surface area (Å²) >= 11 is 0. The highest BCUT2D eigenvalue weighted by atomic mass is 16.4. The summed E-state index contributed by atoms with van der Waals surface area (Å²) in [5.74, 6) is -1.59. The second-order valence-corrected chi connectivity index (χ2v) is 10.1. The number of aryl methyl sites for hydroxylation is 1. The monoisotopic (exact) mass is 540 g/mol. The zero-order valence-electron chi connectivity index (χ0n) is 22.4. The molecule has 0 aliphatic heterocycles. The molecule has 7 nitrogen and oxygen atoms in total. The molecule has 202 valence electrons. The van der Waals surface area contributed by atoms with Gasteiger partial charge in [-0.25, -0.2) is 9.48 Å². The Morgan fingerprint density at radius 3 is 2.54 bits per heavy atom. The first-order valence-corrected chi connectivity index (χ1v) is 13.4. The fourth-order valence-electron chi connectivity index (χ4n) is 5.01. The van der Waals surface area contributed by atoms with Crippen LogP contribution in [0.5, 0.6) is 0 Å². The molecular weight excluding hydrogens is 512 g/mol. The maximum Gasteiger partial charge on any atom is 0.326 e. The zero-order valence-corrected chi connectivity index (χ0v) is 22.4. The summed E-state index contributed by atoms with van der Waals surface area (Å²) in [7, 11) is 0. The van der Waals surface area contributed by atoms with Gasteiger partial charge in [-0.1, -0.05) is 72.3 Å². The Morgan fingerprint density at radius 1 is 0.976 bits per heavy atom. The van der Waals surface area contributed by atoms with Crippen LogP contribution in [0.25, 0.3) is 44.7 Å². The van der Waals surface area contributed by atoms with Gasteiger partial charge in [-0.3, -0.25) is 4.79 Å². The highest BCUT2D eigenvalue weighted by molar-refractivity contribution is 5.96. The van der Waals surface area contributed by atoms with Crippen LogP contribution < -0.4 is 5.32 Å². The normalized spacial score (nSPS) is 12.2. The number of carbonyl (C=O) groups excluding carboxylic acids is 1. The summed E-state index contributed by atoms with van der Waals surface area (Å²) in [5, 5.41) is 20.5. The quantitative estimate of drug-likeness (QED) is 0.197. The van der Waals surface area contributed by atoms with E-state index in [-0.39, 0.29) is 6.42 Å². The van der Waals surface area contributed by atoms with Crippen molar-refractivity contribution in [2.24, 2.45) is 0 Å². The van der Waals surface area contributed by atoms with Crippen LogP contribution in [0.2, 0.25) is 0 Å². The highest BCUT2D eigenvalue weighted by Crippen LogP contribution is 2.28. The van der Waals surface area contributed by atoms with Crippen LogP contribution in [-0.2, 0) is 16.0 Å². The lowest BCUT2D eigenvalue weighted by molar-refractivity contribution is -0.141. The number of carbonyl (C=O) groups is 2. The van der Waals surface area contributed by atoms with Gasteiger partial charge in [0.05, 0.1) is 11.4 Å². The minimum Gasteiger partial charge on any atom is -0.480 e. The number of para-hydroxylation sites is 1. The molecule has 0 radical (unpaired) electrons. The van der Waals surface area contributed by atoms with Gasteiger partial charge in [-0.2, -0.15) is 5.10 Å². The lowest BCUT2D eigenvalue weighted by atomic mass is 10.0. The van der Waals surface area contributed by atoms with Gasteiger partial charge in [0.1, 0.15) is 6.04 Å². The average Bonchev–Trinajstić information content (AvgIpc) is 3.60. The van der Waals surface area contributed by atoms with Crippen LogP contribution >= 0.6 is 0 Å². The number of amides is 1. The number of aliphatic carboxylic acids is 1. The van der Waals surface area contributed by atoms with Crippen molar-refractivity contribution in [1.29, 1.82) is 0 Å². The number of hydrogen-bond acceptors (Lipinski definition) is 3. The molecule has 2 heterocycles. The second-order valence-electron chi connectivity index (χ2n) is 10.1. The van der Waals surface area contributed by atoms with Gasteiger partial charge >= 0.3 is 5.97 Å². The van der Waals surface area contributed by atoms with E-state index < -0.39 is 17.9 Å². The number of aromatic amines is 1. The largest absolute Gasteiger partial charge is 0.480 e. The molecule has 1 amide bonds. The third kappa shape index (κ3) is 5.51. The maximum atomic E-state index is 13.0. The van der Waals surface area contributed by atoms with Crippen molar-refractivity contribution in [3.63, 3.8) is 0 Å². The Labute approximate surface area is 236 Å². The van der Waals surface area contributed by atoms with Gasteiger partial charge in [0.25, 0.3) is 0 Å². The lowest BCUT2D eigenvalue weighted by Crippen LogP contribution is -2.41. The fourth-order valence-corrected chi connectivity index (χ4v) is 5.01. The van der Waals surface area contributed by atoms with Crippen molar-refractivity contribution in [3.8, 4) is 16.9 Å². The smallest absolute Gasteiger partial charge is 0.326 e. The number of nitrogens with one attached hydrogen (secondary N) is 2. The molecule has 0 bridgehead atoms. The predicted octanol–water partition coefficient (Wildman–Crippen LogP) is 6.31. The summed E-state index contributed by atoms with van der Waals surface area (Å²) in [6, 6.07) is 28.9. The van der Waals surface area contributed by atoms with Crippen LogP contribution in [0, 0.1) is 6.92 Å². The van der Waals surface area contributed by atoms with Gasteiger partial charge in [0, 0.05) is 46.9 Å². The first kappa shape index (κ1) is 25.8. The van der Waals surface area contributed by atoms with Crippen molar-refractivity contribution < 1.29 is 14.7 Å². The summed E-state index contributed by atoms with van der Waals surface area (Å²) in [6.07, 6.45) is 6.87. The maximum absolute atomic E-state index is 13.0. The Balaban J connectivity index is 1.29. The standard InChI is InChI=1S/C34H28N4O3/c1-22-10-15-28(16-11-22)38-21-26(33(37-38)25-13-12-23-6-2-3-7-24(23)18-25)14-17-32(39)36-31(34(40)41)19-27-20-35-30-9-5-4-8-29(27)30/h2-18,20-21,31,35H,19H2,1H3,(H,36,39)(H,40,41)/t31-/m0/s1. The number of carboxylic acid groups (broad SMARTS) is 1. The Kier molecular flexibility index (Phi) is 6.92. The number of aromatic nitrogens is 3. The predicted molar refractivity (Wildman–Crippen MR) is 162 cm³/mol. The van der Waals surface area contributed by atoms with E-state index in [1.54, 1.807) is 17.0 Å². The minimum atomic E-state index is -1.10. The molecule has 4 aromatic carbocycles. The number of benzene rings is 4. The Morgan fingerprint density at radius 2 is 1.73 bits per heavy atom. The summed E-state index contributed by atoms with van der Waals surface area (Å²) in [4.78, 5) is 28.2. The SMILES string of the molecule is Cc1ccc(-n2cc(C=CC(=O)N[C@@H](Cc3c[nH]c4ccccc34)C(=O)O)c(-c3ccc4ccccc4c3)n2)cc1. The van der Waals surface area contributed by atoms with E-state index in [9.17, 15) is 14.7 Å². The van der Waals surface area contributed by atoms with Crippen LogP contribution in [0.15, 0.2) is 109 Å². The van der Waals surface area contributed by atoms with E-state index in [0.29, 0.717) is 5.69 Å². The average molecular weight is 541 g/mol. The molecule has 1 atom stereocenters. The molecular formula is C34H28N4O3. The lowest BCUT2D eigenvalue weighted by Gasteiger charge is -2.12. The molecule has 0 aliphatic carbocycles. The summed E-state index contributed by atoms with van der Waals surface area (Å²) in [5.41, 5.74) is 6.16.